The molecule has 0 atom stereocenters. The van der Waals surface area contributed by atoms with Crippen molar-refractivity contribution in [2.24, 2.45) is 0 Å². The van der Waals surface area contributed by atoms with Crippen molar-refractivity contribution in [2.75, 3.05) is 13.1 Å². The lowest BCUT2D eigenvalue weighted by Gasteiger charge is -2.59. The monoisotopic (exact) mass is 240 g/mol. The Morgan fingerprint density at radius 1 is 0.882 bits per heavy atom. The molecule has 2 aliphatic rings. The average Bonchev–Trinajstić information content (AvgIpc) is 2.14. The number of aliphatic hydroxyl groups is 1. The molecule has 2 heterocycles. The van der Waals surface area contributed by atoms with Crippen LogP contribution in [-0.4, -0.2) is 45.4 Å². The Balaban J connectivity index is 2.21. The molecule has 3 heteroatoms. The van der Waals surface area contributed by atoms with E-state index >= 15 is 0 Å². The molecule has 0 aromatic rings. The summed E-state index contributed by atoms with van der Waals surface area (Å²) in [6, 6.07) is 0. The van der Waals surface area contributed by atoms with Gasteiger partial charge < -0.3 is 5.11 Å². The molecule has 0 radical (unpaired) electrons. The first-order valence-electron chi connectivity index (χ1n) is 7.06. The number of nitrogens with zero attached hydrogens (tertiary/aromatic N) is 2. The third kappa shape index (κ3) is 2.67. The van der Waals surface area contributed by atoms with Crippen LogP contribution in [-0.2, 0) is 0 Å². The largest absolute Gasteiger partial charge is 0.393 e. The van der Waals surface area contributed by atoms with Gasteiger partial charge in [0.2, 0.25) is 0 Å². The molecule has 0 spiro atoms. The van der Waals surface area contributed by atoms with E-state index in [2.05, 4.69) is 37.7 Å². The normalized spacial score (nSPS) is 31.6. The molecule has 100 valence electrons. The summed E-state index contributed by atoms with van der Waals surface area (Å²) in [5.41, 5.74) is 0.136. The van der Waals surface area contributed by atoms with Gasteiger partial charge in [0, 0.05) is 24.2 Å². The van der Waals surface area contributed by atoms with E-state index in [0.717, 1.165) is 12.8 Å². The molecule has 17 heavy (non-hydrogen) atoms. The summed E-state index contributed by atoms with van der Waals surface area (Å²) in [6.45, 7) is 11.4. The van der Waals surface area contributed by atoms with Crippen molar-refractivity contribution < 1.29 is 5.11 Å². The molecule has 2 rings (SSSR count). The molecule has 0 saturated carbocycles. The molecule has 0 amide bonds. The summed E-state index contributed by atoms with van der Waals surface area (Å²) in [5.74, 6) is 0. The van der Waals surface area contributed by atoms with Gasteiger partial charge in [0.25, 0.3) is 0 Å². The first-order valence-corrected chi connectivity index (χ1v) is 7.06. The Labute approximate surface area is 106 Å². The first-order chi connectivity index (χ1) is 7.83. The van der Waals surface area contributed by atoms with Gasteiger partial charge in [0.05, 0.1) is 6.10 Å². The molecule has 1 N–H and O–H groups in total. The first kappa shape index (κ1) is 13.3. The maximum atomic E-state index is 10.1. The highest BCUT2D eigenvalue weighted by atomic mass is 16.3. The quantitative estimate of drug-likeness (QED) is 0.762. The number of piperidine rings is 2. The van der Waals surface area contributed by atoms with Crippen molar-refractivity contribution in [2.45, 2.75) is 77.0 Å². The zero-order chi connectivity index (χ0) is 12.7. The standard InChI is InChI=1S/C14H28N2O/c1-13(2)10-12(17)11-14(3,4)16(13)15-8-6-5-7-9-15/h12,17H,5-11H2,1-4H3. The van der Waals surface area contributed by atoms with E-state index in [0.29, 0.717) is 0 Å². The van der Waals surface area contributed by atoms with Crippen LogP contribution in [0.1, 0.15) is 59.8 Å². The Morgan fingerprint density at radius 2 is 1.35 bits per heavy atom. The number of rotatable bonds is 1. The van der Waals surface area contributed by atoms with Crippen molar-refractivity contribution in [3.05, 3.63) is 0 Å². The number of hydrogen-bond donors (Lipinski definition) is 1. The van der Waals surface area contributed by atoms with Crippen LogP contribution in [0, 0.1) is 0 Å². The number of hydrazine groups is 1. The molecule has 2 aliphatic heterocycles. The summed E-state index contributed by atoms with van der Waals surface area (Å²) >= 11 is 0. The third-order valence-corrected chi connectivity index (χ3v) is 4.23. The Bertz CT molecular complexity index is 251. The highest BCUT2D eigenvalue weighted by Crippen LogP contribution is 2.40. The molecule has 0 aromatic carbocycles. The highest BCUT2D eigenvalue weighted by molar-refractivity contribution is 4.99. The zero-order valence-corrected chi connectivity index (χ0v) is 11.9. The fourth-order valence-corrected chi connectivity index (χ4v) is 4.06. The van der Waals surface area contributed by atoms with E-state index in [4.69, 9.17) is 0 Å². The lowest BCUT2D eigenvalue weighted by molar-refractivity contribution is -0.208. The summed E-state index contributed by atoms with van der Waals surface area (Å²) < 4.78 is 0. The van der Waals surface area contributed by atoms with Gasteiger partial charge >= 0.3 is 0 Å². The fourth-order valence-electron chi connectivity index (χ4n) is 4.06. The van der Waals surface area contributed by atoms with Gasteiger partial charge in [-0.1, -0.05) is 6.42 Å². The van der Waals surface area contributed by atoms with E-state index in [9.17, 15) is 5.11 Å². The van der Waals surface area contributed by atoms with Gasteiger partial charge in [-0.05, 0) is 53.4 Å². The minimum atomic E-state index is -0.152. The van der Waals surface area contributed by atoms with Gasteiger partial charge in [-0.25, -0.2) is 10.0 Å². The van der Waals surface area contributed by atoms with Gasteiger partial charge in [-0.2, -0.15) is 0 Å². The van der Waals surface area contributed by atoms with E-state index < -0.39 is 0 Å². The molecule has 0 unspecified atom stereocenters. The van der Waals surface area contributed by atoms with Crippen molar-refractivity contribution >= 4 is 0 Å². The molecule has 3 nitrogen and oxygen atoms in total. The van der Waals surface area contributed by atoms with Gasteiger partial charge in [0.1, 0.15) is 0 Å². The predicted molar refractivity (Wildman–Crippen MR) is 70.7 cm³/mol. The molecule has 0 aromatic heterocycles. The predicted octanol–water partition coefficient (Wildman–Crippen LogP) is 2.40. The van der Waals surface area contributed by atoms with Gasteiger partial charge in [0.15, 0.2) is 0 Å². The summed E-state index contributed by atoms with van der Waals surface area (Å²) in [6.07, 6.45) is 5.60. The SMILES string of the molecule is CC1(C)CC(O)CC(C)(C)N1N1CCCCC1. The van der Waals surface area contributed by atoms with Gasteiger partial charge in [-0.3, -0.25) is 0 Å². The molecule has 0 aliphatic carbocycles. The molecule has 2 saturated heterocycles. The maximum absolute atomic E-state index is 10.1. The van der Waals surface area contributed by atoms with Crippen molar-refractivity contribution in [1.29, 1.82) is 0 Å². The topological polar surface area (TPSA) is 26.7 Å². The summed E-state index contributed by atoms with van der Waals surface area (Å²) in [4.78, 5) is 0. The van der Waals surface area contributed by atoms with Crippen LogP contribution in [0.2, 0.25) is 0 Å². The Kier molecular flexibility index (Phi) is 3.54. The minimum Gasteiger partial charge on any atom is -0.393 e. The van der Waals surface area contributed by atoms with E-state index in [1.54, 1.807) is 0 Å². The second-order valence-electron chi connectivity index (χ2n) is 7.01. The minimum absolute atomic E-state index is 0.0680. The lowest BCUT2D eigenvalue weighted by atomic mass is 9.79. The second-order valence-corrected chi connectivity index (χ2v) is 7.01. The van der Waals surface area contributed by atoms with Crippen LogP contribution in [0.15, 0.2) is 0 Å². The Morgan fingerprint density at radius 3 is 1.82 bits per heavy atom. The van der Waals surface area contributed by atoms with Crippen LogP contribution in [0.5, 0.6) is 0 Å². The molecular formula is C14H28N2O. The molecule has 2 fully saturated rings. The van der Waals surface area contributed by atoms with Crippen LogP contribution in [0.3, 0.4) is 0 Å². The molecular weight excluding hydrogens is 212 g/mol. The highest BCUT2D eigenvalue weighted by Gasteiger charge is 2.47. The number of hydrogen-bond acceptors (Lipinski definition) is 3. The zero-order valence-electron chi connectivity index (χ0n) is 11.9. The van der Waals surface area contributed by atoms with Gasteiger partial charge in [-0.15, -0.1) is 0 Å². The summed E-state index contributed by atoms with van der Waals surface area (Å²) in [5, 5.41) is 15.1. The number of aliphatic hydroxyl groups excluding tert-OH is 1. The van der Waals surface area contributed by atoms with E-state index in [1.165, 1.54) is 32.4 Å². The average molecular weight is 240 g/mol. The van der Waals surface area contributed by atoms with E-state index in [1.807, 2.05) is 0 Å². The Hall–Kier alpha value is -0.120. The van der Waals surface area contributed by atoms with Crippen molar-refractivity contribution in [3.63, 3.8) is 0 Å². The molecule has 0 bridgehead atoms. The van der Waals surface area contributed by atoms with Crippen molar-refractivity contribution in [3.8, 4) is 0 Å². The van der Waals surface area contributed by atoms with Crippen molar-refractivity contribution in [1.82, 2.24) is 10.0 Å². The summed E-state index contributed by atoms with van der Waals surface area (Å²) in [7, 11) is 0. The second kappa shape index (κ2) is 4.52. The fraction of sp³-hybridized carbons (Fsp3) is 1.00. The third-order valence-electron chi connectivity index (χ3n) is 4.23. The smallest absolute Gasteiger partial charge is 0.0576 e. The maximum Gasteiger partial charge on any atom is 0.0576 e. The lowest BCUT2D eigenvalue weighted by Crippen LogP contribution is -2.68. The van der Waals surface area contributed by atoms with E-state index in [-0.39, 0.29) is 17.2 Å². The van der Waals surface area contributed by atoms with Crippen LogP contribution in [0.25, 0.3) is 0 Å². The van der Waals surface area contributed by atoms with Crippen LogP contribution < -0.4 is 0 Å². The van der Waals surface area contributed by atoms with Crippen LogP contribution >= 0.6 is 0 Å². The van der Waals surface area contributed by atoms with Crippen LogP contribution in [0.4, 0.5) is 0 Å².